The fourth-order valence-electron chi connectivity index (χ4n) is 3.70. The molecule has 2 nitrogen and oxygen atoms in total. The molecule has 1 fully saturated rings. The van der Waals surface area contributed by atoms with Crippen molar-refractivity contribution in [1.82, 2.24) is 4.90 Å². The maximum absolute atomic E-state index is 10.8. The van der Waals surface area contributed by atoms with Gasteiger partial charge in [-0.3, -0.25) is 4.90 Å². The maximum atomic E-state index is 10.8. The molecule has 1 aliphatic carbocycles. The maximum Gasteiger partial charge on any atom is 0.0727 e. The molecular weight excluding hydrogens is 254 g/mol. The van der Waals surface area contributed by atoms with E-state index in [1.54, 1.807) is 11.3 Å². The van der Waals surface area contributed by atoms with E-state index in [1.165, 1.54) is 30.6 Å². The molecule has 3 heteroatoms. The highest BCUT2D eigenvalue weighted by Gasteiger charge is 2.43. The van der Waals surface area contributed by atoms with Crippen LogP contribution in [0, 0.1) is 0 Å². The van der Waals surface area contributed by atoms with Gasteiger partial charge >= 0.3 is 0 Å². The van der Waals surface area contributed by atoms with Gasteiger partial charge in [0.25, 0.3) is 0 Å². The van der Waals surface area contributed by atoms with E-state index in [2.05, 4.69) is 36.3 Å². The standard InChI is InChI=1S/C16H27NOS/c1-3-17(4-2)16(11-5-6-12-16)15(18)10-9-14-8-7-13-19-14/h7-8,13,15,18H,3-6,9-12H2,1-2H3. The first-order valence-electron chi connectivity index (χ1n) is 7.68. The number of likely N-dealkylation sites (N-methyl/N-ethyl adjacent to an activating group) is 1. The lowest BCUT2D eigenvalue weighted by Crippen LogP contribution is -2.55. The molecule has 108 valence electrons. The molecule has 19 heavy (non-hydrogen) atoms. The fourth-order valence-corrected chi connectivity index (χ4v) is 4.43. The molecule has 1 heterocycles. The Labute approximate surface area is 121 Å². The molecule has 0 spiro atoms. The second-order valence-electron chi connectivity index (χ2n) is 5.62. The van der Waals surface area contributed by atoms with E-state index in [0.29, 0.717) is 0 Å². The van der Waals surface area contributed by atoms with E-state index in [-0.39, 0.29) is 11.6 Å². The summed E-state index contributed by atoms with van der Waals surface area (Å²) >= 11 is 1.80. The molecule has 1 unspecified atom stereocenters. The summed E-state index contributed by atoms with van der Waals surface area (Å²) in [5.41, 5.74) is 0.0563. The summed E-state index contributed by atoms with van der Waals surface area (Å²) < 4.78 is 0. The smallest absolute Gasteiger partial charge is 0.0727 e. The van der Waals surface area contributed by atoms with Crippen LogP contribution in [0.4, 0.5) is 0 Å². The third kappa shape index (κ3) is 3.21. The lowest BCUT2D eigenvalue weighted by molar-refractivity contribution is -0.0287. The summed E-state index contributed by atoms with van der Waals surface area (Å²) in [7, 11) is 0. The zero-order chi connectivity index (χ0) is 13.7. The van der Waals surface area contributed by atoms with Crippen molar-refractivity contribution in [3.05, 3.63) is 22.4 Å². The molecule has 2 rings (SSSR count). The molecule has 0 amide bonds. The van der Waals surface area contributed by atoms with E-state index in [1.807, 2.05) is 0 Å². The molecule has 1 aromatic heterocycles. The largest absolute Gasteiger partial charge is 0.391 e. The van der Waals surface area contributed by atoms with Crippen molar-refractivity contribution in [1.29, 1.82) is 0 Å². The monoisotopic (exact) mass is 281 g/mol. The third-order valence-electron chi connectivity index (χ3n) is 4.73. The lowest BCUT2D eigenvalue weighted by atomic mass is 9.85. The fraction of sp³-hybridized carbons (Fsp3) is 0.750. The number of nitrogens with zero attached hydrogens (tertiary/aromatic N) is 1. The number of thiophene rings is 1. The second-order valence-corrected chi connectivity index (χ2v) is 6.65. The average Bonchev–Trinajstić information content (AvgIpc) is 3.09. The third-order valence-corrected chi connectivity index (χ3v) is 5.66. The number of aliphatic hydroxyl groups excluding tert-OH is 1. The van der Waals surface area contributed by atoms with Crippen molar-refractivity contribution in [2.75, 3.05) is 13.1 Å². The first kappa shape index (κ1) is 15.0. The molecule has 1 aliphatic rings. The number of rotatable bonds is 7. The molecule has 0 radical (unpaired) electrons. The quantitative estimate of drug-likeness (QED) is 0.824. The predicted octanol–water partition coefficient (Wildman–Crippen LogP) is 3.70. The van der Waals surface area contributed by atoms with Gasteiger partial charge in [-0.1, -0.05) is 32.8 Å². The van der Waals surface area contributed by atoms with Crippen molar-refractivity contribution in [2.45, 2.75) is 64.0 Å². The topological polar surface area (TPSA) is 23.5 Å². The highest BCUT2D eigenvalue weighted by Crippen LogP contribution is 2.39. The Hall–Kier alpha value is -0.380. The zero-order valence-electron chi connectivity index (χ0n) is 12.3. The van der Waals surface area contributed by atoms with Gasteiger partial charge in [-0.15, -0.1) is 11.3 Å². The van der Waals surface area contributed by atoms with Gasteiger partial charge in [-0.25, -0.2) is 0 Å². The Morgan fingerprint density at radius 1 is 1.32 bits per heavy atom. The van der Waals surface area contributed by atoms with Crippen molar-refractivity contribution < 1.29 is 5.11 Å². The zero-order valence-corrected chi connectivity index (χ0v) is 13.1. The van der Waals surface area contributed by atoms with E-state index in [0.717, 1.165) is 25.9 Å². The summed E-state index contributed by atoms with van der Waals surface area (Å²) in [6, 6.07) is 4.28. The van der Waals surface area contributed by atoms with Crippen LogP contribution in [0.3, 0.4) is 0 Å². The molecule has 0 saturated heterocycles. The first-order valence-corrected chi connectivity index (χ1v) is 8.56. The van der Waals surface area contributed by atoms with Crippen LogP contribution in [0.2, 0.25) is 0 Å². The van der Waals surface area contributed by atoms with E-state index in [4.69, 9.17) is 0 Å². The molecule has 0 aliphatic heterocycles. The Bertz CT molecular complexity index is 353. The minimum atomic E-state index is -0.183. The Kier molecular flexibility index (Phi) is 5.43. The molecule has 1 N–H and O–H groups in total. The summed E-state index contributed by atoms with van der Waals surface area (Å²) in [4.78, 5) is 3.89. The highest BCUT2D eigenvalue weighted by atomic mass is 32.1. The minimum Gasteiger partial charge on any atom is -0.391 e. The van der Waals surface area contributed by atoms with Crippen LogP contribution in [-0.2, 0) is 6.42 Å². The van der Waals surface area contributed by atoms with Gasteiger partial charge in [0.2, 0.25) is 0 Å². The normalized spacial score (nSPS) is 20.0. The van der Waals surface area contributed by atoms with Crippen LogP contribution >= 0.6 is 11.3 Å². The van der Waals surface area contributed by atoms with E-state index in [9.17, 15) is 5.11 Å². The van der Waals surface area contributed by atoms with Crippen LogP contribution in [0.25, 0.3) is 0 Å². The highest BCUT2D eigenvalue weighted by molar-refractivity contribution is 7.09. The Balaban J connectivity index is 2.01. The van der Waals surface area contributed by atoms with Crippen LogP contribution < -0.4 is 0 Å². The molecule has 1 saturated carbocycles. The molecule has 0 bridgehead atoms. The van der Waals surface area contributed by atoms with Crippen LogP contribution in [-0.4, -0.2) is 34.7 Å². The molecular formula is C16H27NOS. The minimum absolute atomic E-state index is 0.0563. The van der Waals surface area contributed by atoms with Crippen LogP contribution in [0.15, 0.2) is 17.5 Å². The van der Waals surface area contributed by atoms with Crippen molar-refractivity contribution >= 4 is 11.3 Å². The Morgan fingerprint density at radius 2 is 2.00 bits per heavy atom. The van der Waals surface area contributed by atoms with Gasteiger partial charge < -0.3 is 5.11 Å². The van der Waals surface area contributed by atoms with E-state index >= 15 is 0 Å². The summed E-state index contributed by atoms with van der Waals surface area (Å²) in [5, 5.41) is 12.9. The second kappa shape index (κ2) is 6.87. The van der Waals surface area contributed by atoms with Gasteiger partial charge in [-0.05, 0) is 50.2 Å². The van der Waals surface area contributed by atoms with Crippen LogP contribution in [0.5, 0.6) is 0 Å². The molecule has 0 aromatic carbocycles. The number of hydrogen-bond acceptors (Lipinski definition) is 3. The summed E-state index contributed by atoms with van der Waals surface area (Å²) in [6.45, 7) is 6.53. The van der Waals surface area contributed by atoms with Crippen molar-refractivity contribution in [3.63, 3.8) is 0 Å². The lowest BCUT2D eigenvalue weighted by Gasteiger charge is -2.44. The first-order chi connectivity index (χ1) is 9.23. The van der Waals surface area contributed by atoms with Gasteiger partial charge in [0.1, 0.15) is 0 Å². The van der Waals surface area contributed by atoms with E-state index < -0.39 is 0 Å². The SMILES string of the molecule is CCN(CC)C1(C(O)CCc2cccs2)CCCC1. The molecule has 1 aromatic rings. The predicted molar refractivity (Wildman–Crippen MR) is 82.8 cm³/mol. The number of aliphatic hydroxyl groups is 1. The summed E-state index contributed by atoms with van der Waals surface area (Å²) in [5.74, 6) is 0. The van der Waals surface area contributed by atoms with Crippen molar-refractivity contribution in [3.8, 4) is 0 Å². The number of aryl methyl sites for hydroxylation is 1. The van der Waals surface area contributed by atoms with Gasteiger partial charge in [-0.2, -0.15) is 0 Å². The van der Waals surface area contributed by atoms with Crippen molar-refractivity contribution in [2.24, 2.45) is 0 Å². The average molecular weight is 281 g/mol. The summed E-state index contributed by atoms with van der Waals surface area (Å²) in [6.07, 6.45) is 6.61. The Morgan fingerprint density at radius 3 is 2.53 bits per heavy atom. The van der Waals surface area contributed by atoms with Gasteiger partial charge in [0.15, 0.2) is 0 Å². The van der Waals surface area contributed by atoms with Gasteiger partial charge in [0.05, 0.1) is 6.10 Å². The molecule has 1 atom stereocenters. The number of hydrogen-bond donors (Lipinski definition) is 1. The van der Waals surface area contributed by atoms with Gasteiger partial charge in [0, 0.05) is 10.4 Å². The van der Waals surface area contributed by atoms with Crippen LogP contribution in [0.1, 0.15) is 50.8 Å².